The number of aryl methyl sites for hydroxylation is 1. The van der Waals surface area contributed by atoms with Crippen LogP contribution in [0.1, 0.15) is 21.1 Å². The average molecular weight is 406 g/mol. The number of hydrogen-bond donors (Lipinski definition) is 3. The second-order valence-electron chi connectivity index (χ2n) is 5.33. The van der Waals surface area contributed by atoms with Crippen molar-refractivity contribution >= 4 is 34.7 Å². The third-order valence-electron chi connectivity index (χ3n) is 3.52. The van der Waals surface area contributed by atoms with E-state index in [4.69, 9.17) is 5.11 Å². The number of pyridine rings is 1. The number of nitrogens with zero attached hydrogens (tertiary/aromatic N) is 2. The third-order valence-corrected chi connectivity index (χ3v) is 5.58. The van der Waals surface area contributed by atoms with Gasteiger partial charge in [0.15, 0.2) is 5.43 Å². The SMILES string of the molecule is COC(=O)NCc1nc(C)c(-c2csc(-c3cc(=O)c(C(=O)O)c[nH]3)n2)s1. The van der Waals surface area contributed by atoms with Gasteiger partial charge in [-0.25, -0.2) is 19.6 Å². The minimum Gasteiger partial charge on any atom is -0.477 e. The molecule has 0 radical (unpaired) electrons. The highest BCUT2D eigenvalue weighted by Gasteiger charge is 2.16. The van der Waals surface area contributed by atoms with E-state index >= 15 is 0 Å². The topological polar surface area (TPSA) is 134 Å². The maximum Gasteiger partial charge on any atom is 0.407 e. The van der Waals surface area contributed by atoms with Gasteiger partial charge in [0.2, 0.25) is 0 Å². The number of alkyl carbamates (subject to hydrolysis) is 1. The smallest absolute Gasteiger partial charge is 0.407 e. The fourth-order valence-corrected chi connectivity index (χ4v) is 4.08. The van der Waals surface area contributed by atoms with Crippen molar-refractivity contribution in [2.45, 2.75) is 13.5 Å². The number of aromatic nitrogens is 3. The molecule has 3 aromatic rings. The maximum atomic E-state index is 11.9. The summed E-state index contributed by atoms with van der Waals surface area (Å²) in [4.78, 5) is 46.5. The van der Waals surface area contributed by atoms with Crippen LogP contribution in [0.2, 0.25) is 0 Å². The molecule has 27 heavy (non-hydrogen) atoms. The lowest BCUT2D eigenvalue weighted by Crippen LogP contribution is -2.22. The van der Waals surface area contributed by atoms with Crippen molar-refractivity contribution in [3.8, 4) is 21.3 Å². The quantitative estimate of drug-likeness (QED) is 0.592. The minimum atomic E-state index is -1.28. The Labute approximate surface area is 160 Å². The number of H-pyrrole nitrogens is 1. The number of carboxylic acids is 1. The molecule has 3 rings (SSSR count). The normalized spacial score (nSPS) is 10.6. The molecule has 0 aliphatic heterocycles. The van der Waals surface area contributed by atoms with Gasteiger partial charge < -0.3 is 20.1 Å². The van der Waals surface area contributed by atoms with E-state index in [0.717, 1.165) is 16.8 Å². The number of thiazole rings is 2. The first-order valence-electron chi connectivity index (χ1n) is 7.59. The van der Waals surface area contributed by atoms with Crippen molar-refractivity contribution in [2.24, 2.45) is 0 Å². The predicted octanol–water partition coefficient (Wildman–Crippen LogP) is 2.48. The van der Waals surface area contributed by atoms with Crippen LogP contribution in [0.15, 0.2) is 22.4 Å². The number of carbonyl (C=O) groups is 2. The van der Waals surface area contributed by atoms with E-state index in [1.54, 1.807) is 0 Å². The molecule has 0 fully saturated rings. The molecular formula is C16H14N4O5S2. The highest BCUT2D eigenvalue weighted by Crippen LogP contribution is 2.33. The lowest BCUT2D eigenvalue weighted by Gasteiger charge is -1.99. The van der Waals surface area contributed by atoms with E-state index in [1.165, 1.54) is 35.8 Å². The largest absolute Gasteiger partial charge is 0.477 e. The van der Waals surface area contributed by atoms with Crippen molar-refractivity contribution in [3.63, 3.8) is 0 Å². The molecule has 3 aromatic heterocycles. The zero-order valence-electron chi connectivity index (χ0n) is 14.2. The van der Waals surface area contributed by atoms with Crippen LogP contribution in [0.3, 0.4) is 0 Å². The molecule has 1 amide bonds. The monoisotopic (exact) mass is 406 g/mol. The number of aromatic amines is 1. The zero-order valence-corrected chi connectivity index (χ0v) is 15.9. The maximum absolute atomic E-state index is 11.9. The van der Waals surface area contributed by atoms with Crippen LogP contribution >= 0.6 is 22.7 Å². The summed E-state index contributed by atoms with van der Waals surface area (Å²) in [5, 5.41) is 14.6. The molecule has 0 aliphatic carbocycles. The first kappa shape index (κ1) is 18.7. The van der Waals surface area contributed by atoms with E-state index in [-0.39, 0.29) is 12.1 Å². The number of carboxylic acid groups (broad SMARTS) is 1. The summed E-state index contributed by atoms with van der Waals surface area (Å²) in [5.74, 6) is -1.28. The van der Waals surface area contributed by atoms with E-state index < -0.39 is 17.5 Å². The summed E-state index contributed by atoms with van der Waals surface area (Å²) in [7, 11) is 1.29. The number of carbonyl (C=O) groups excluding carboxylic acids is 1. The molecule has 9 nitrogen and oxygen atoms in total. The Balaban J connectivity index is 1.85. The van der Waals surface area contributed by atoms with Gasteiger partial charge in [-0.2, -0.15) is 0 Å². The number of methoxy groups -OCH3 is 1. The third kappa shape index (κ3) is 4.04. The Hall–Kier alpha value is -3.05. The summed E-state index contributed by atoms with van der Waals surface area (Å²) >= 11 is 2.72. The molecule has 0 spiro atoms. The summed E-state index contributed by atoms with van der Waals surface area (Å²) in [6.45, 7) is 2.09. The van der Waals surface area contributed by atoms with Gasteiger partial charge in [0.25, 0.3) is 0 Å². The molecule has 3 N–H and O–H groups in total. The number of ether oxygens (including phenoxy) is 1. The fourth-order valence-electron chi connectivity index (χ4n) is 2.25. The van der Waals surface area contributed by atoms with Gasteiger partial charge in [-0.05, 0) is 6.92 Å². The lowest BCUT2D eigenvalue weighted by molar-refractivity contribution is 0.0695. The van der Waals surface area contributed by atoms with Crippen LogP contribution in [0.5, 0.6) is 0 Å². The number of nitrogens with one attached hydrogen (secondary N) is 2. The second kappa shape index (κ2) is 7.68. The Morgan fingerprint density at radius 2 is 2.15 bits per heavy atom. The van der Waals surface area contributed by atoms with Gasteiger partial charge in [0.05, 0.1) is 35.6 Å². The number of rotatable bonds is 5. The van der Waals surface area contributed by atoms with E-state index in [0.29, 0.717) is 21.4 Å². The Morgan fingerprint density at radius 3 is 2.81 bits per heavy atom. The molecule has 0 aliphatic rings. The highest BCUT2D eigenvalue weighted by atomic mass is 32.1. The van der Waals surface area contributed by atoms with Crippen LogP contribution in [0.4, 0.5) is 4.79 Å². The van der Waals surface area contributed by atoms with E-state index in [9.17, 15) is 14.4 Å². The van der Waals surface area contributed by atoms with Crippen molar-refractivity contribution in [3.05, 3.63) is 44.1 Å². The van der Waals surface area contributed by atoms with Gasteiger partial charge in [-0.15, -0.1) is 22.7 Å². The van der Waals surface area contributed by atoms with Crippen LogP contribution in [0.25, 0.3) is 21.3 Å². The standard InChI is InChI=1S/C16H14N4O5S2/c1-7-13(27-12(19-7)5-18-16(24)25-2)10-6-26-14(20-10)9-3-11(21)8(4-17-9)15(22)23/h3-4,6H,5H2,1-2H3,(H,17,21)(H,18,24)(H,22,23). The second-order valence-corrected chi connectivity index (χ2v) is 7.28. The van der Waals surface area contributed by atoms with Gasteiger partial charge in [-0.1, -0.05) is 0 Å². The summed E-state index contributed by atoms with van der Waals surface area (Å²) < 4.78 is 4.53. The minimum absolute atomic E-state index is 0.249. The Kier molecular flexibility index (Phi) is 5.33. The van der Waals surface area contributed by atoms with Crippen LogP contribution in [0, 0.1) is 6.92 Å². The molecule has 0 atom stereocenters. The molecule has 3 heterocycles. The summed E-state index contributed by atoms with van der Waals surface area (Å²) in [5.41, 5.74) is 0.997. The van der Waals surface area contributed by atoms with Crippen molar-refractivity contribution in [1.29, 1.82) is 0 Å². The van der Waals surface area contributed by atoms with Crippen molar-refractivity contribution in [2.75, 3.05) is 7.11 Å². The first-order valence-corrected chi connectivity index (χ1v) is 9.29. The average Bonchev–Trinajstić information content (AvgIpc) is 3.25. The van der Waals surface area contributed by atoms with Crippen molar-refractivity contribution in [1.82, 2.24) is 20.3 Å². The van der Waals surface area contributed by atoms with E-state index in [2.05, 4.69) is 25.0 Å². The molecular weight excluding hydrogens is 392 g/mol. The zero-order chi connectivity index (χ0) is 19.6. The first-order chi connectivity index (χ1) is 12.9. The number of hydrogen-bond acceptors (Lipinski definition) is 8. The van der Waals surface area contributed by atoms with Crippen molar-refractivity contribution < 1.29 is 19.4 Å². The summed E-state index contributed by atoms with van der Waals surface area (Å²) in [6, 6.07) is 1.22. The van der Waals surface area contributed by atoms with Crippen LogP contribution < -0.4 is 10.7 Å². The Morgan fingerprint density at radius 1 is 1.37 bits per heavy atom. The Bertz CT molecular complexity index is 1070. The van der Waals surface area contributed by atoms with Crippen LogP contribution in [-0.4, -0.2) is 39.2 Å². The van der Waals surface area contributed by atoms with E-state index in [1.807, 2.05) is 12.3 Å². The molecule has 0 saturated carbocycles. The van der Waals surface area contributed by atoms with Gasteiger partial charge in [-0.3, -0.25) is 4.79 Å². The predicted molar refractivity (Wildman–Crippen MR) is 100 cm³/mol. The lowest BCUT2D eigenvalue weighted by atomic mass is 10.2. The molecule has 0 aromatic carbocycles. The molecule has 140 valence electrons. The molecule has 11 heteroatoms. The highest BCUT2D eigenvalue weighted by molar-refractivity contribution is 7.16. The van der Waals surface area contributed by atoms with Gasteiger partial charge >= 0.3 is 12.1 Å². The number of amides is 1. The fraction of sp³-hybridized carbons (Fsp3) is 0.188. The molecule has 0 bridgehead atoms. The van der Waals surface area contributed by atoms with Gasteiger partial charge in [0.1, 0.15) is 15.6 Å². The molecule has 0 unspecified atom stereocenters. The number of aromatic carboxylic acids is 1. The molecule has 0 saturated heterocycles. The van der Waals surface area contributed by atoms with Gasteiger partial charge in [0, 0.05) is 17.6 Å². The summed E-state index contributed by atoms with van der Waals surface area (Å²) in [6.07, 6.45) is 0.629. The van der Waals surface area contributed by atoms with Crippen LogP contribution in [-0.2, 0) is 11.3 Å².